The van der Waals surface area contributed by atoms with E-state index in [1.165, 1.54) is 12.0 Å². The summed E-state index contributed by atoms with van der Waals surface area (Å²) in [7, 11) is 1.66. The van der Waals surface area contributed by atoms with Crippen LogP contribution in [0.3, 0.4) is 0 Å². The van der Waals surface area contributed by atoms with Crippen molar-refractivity contribution < 1.29 is 4.74 Å². The van der Waals surface area contributed by atoms with Gasteiger partial charge >= 0.3 is 0 Å². The van der Waals surface area contributed by atoms with E-state index in [9.17, 15) is 0 Å². The van der Waals surface area contributed by atoms with Crippen molar-refractivity contribution in [3.63, 3.8) is 0 Å². The third-order valence-electron chi connectivity index (χ3n) is 2.62. The minimum absolute atomic E-state index is 0.577. The first-order valence-corrected chi connectivity index (χ1v) is 4.55. The van der Waals surface area contributed by atoms with Gasteiger partial charge in [0.2, 0.25) is 5.88 Å². The third-order valence-corrected chi connectivity index (χ3v) is 2.62. The van der Waals surface area contributed by atoms with E-state index in [1.807, 2.05) is 6.07 Å². The summed E-state index contributed by atoms with van der Waals surface area (Å²) >= 11 is 0. The fourth-order valence-corrected chi connectivity index (χ4v) is 1.74. The topological polar surface area (TPSA) is 48.1 Å². The Morgan fingerprint density at radius 1 is 1.69 bits per heavy atom. The van der Waals surface area contributed by atoms with Gasteiger partial charge in [0.05, 0.1) is 7.11 Å². The fraction of sp³-hybridized carbons (Fsp3) is 0.500. The van der Waals surface area contributed by atoms with Crippen molar-refractivity contribution in [1.29, 1.82) is 0 Å². The molecular formula is C10H14N2O. The molecule has 1 aromatic rings. The molecule has 2 N–H and O–H groups in total. The number of rotatable bonds is 3. The Labute approximate surface area is 77.9 Å². The van der Waals surface area contributed by atoms with Crippen molar-refractivity contribution in [3.05, 3.63) is 23.9 Å². The number of hydrogen-bond acceptors (Lipinski definition) is 3. The predicted octanol–water partition coefficient (Wildman–Crippen LogP) is 1.15. The van der Waals surface area contributed by atoms with Gasteiger partial charge in [0, 0.05) is 11.8 Å². The van der Waals surface area contributed by atoms with Crippen molar-refractivity contribution in [2.24, 2.45) is 11.7 Å². The summed E-state index contributed by atoms with van der Waals surface area (Å²) < 4.78 is 5.19. The Hall–Kier alpha value is -1.09. The number of methoxy groups -OCH3 is 1. The quantitative estimate of drug-likeness (QED) is 0.755. The van der Waals surface area contributed by atoms with Crippen LogP contribution in [0, 0.1) is 5.92 Å². The zero-order valence-corrected chi connectivity index (χ0v) is 7.73. The first-order chi connectivity index (χ1) is 6.36. The van der Waals surface area contributed by atoms with Gasteiger partial charge in [0.25, 0.3) is 0 Å². The van der Waals surface area contributed by atoms with E-state index in [2.05, 4.69) is 11.1 Å². The molecule has 3 nitrogen and oxygen atoms in total. The molecule has 13 heavy (non-hydrogen) atoms. The lowest BCUT2D eigenvalue weighted by molar-refractivity contribution is 0.392. The predicted molar refractivity (Wildman–Crippen MR) is 50.7 cm³/mol. The van der Waals surface area contributed by atoms with E-state index in [1.54, 1.807) is 13.3 Å². The van der Waals surface area contributed by atoms with E-state index in [0.29, 0.717) is 11.8 Å². The number of ether oxygens (including phenoxy) is 1. The number of hydrogen-bond donors (Lipinski definition) is 1. The van der Waals surface area contributed by atoms with Crippen LogP contribution in [-0.2, 0) is 0 Å². The molecule has 1 heterocycles. The summed E-state index contributed by atoms with van der Waals surface area (Å²) in [5.41, 5.74) is 6.80. The zero-order valence-electron chi connectivity index (χ0n) is 7.73. The van der Waals surface area contributed by atoms with Crippen LogP contribution >= 0.6 is 0 Å². The molecule has 1 saturated carbocycles. The van der Waals surface area contributed by atoms with Gasteiger partial charge in [-0.2, -0.15) is 0 Å². The average molecular weight is 178 g/mol. The molecular weight excluding hydrogens is 164 g/mol. The molecule has 0 saturated heterocycles. The van der Waals surface area contributed by atoms with Crippen LogP contribution in [0.4, 0.5) is 0 Å². The van der Waals surface area contributed by atoms with Crippen LogP contribution in [0.2, 0.25) is 0 Å². The maximum atomic E-state index is 5.59. The average Bonchev–Trinajstić information content (AvgIpc) is 2.96. The maximum Gasteiger partial charge on any atom is 0.216 e. The minimum Gasteiger partial charge on any atom is -0.481 e. The Bertz CT molecular complexity index is 301. The van der Waals surface area contributed by atoms with Gasteiger partial charge in [-0.25, -0.2) is 4.98 Å². The first kappa shape index (κ1) is 8.51. The Balaban J connectivity index is 2.20. The van der Waals surface area contributed by atoms with Crippen LogP contribution in [-0.4, -0.2) is 18.6 Å². The van der Waals surface area contributed by atoms with Gasteiger partial charge in [-0.05, 0) is 30.9 Å². The lowest BCUT2D eigenvalue weighted by Gasteiger charge is -2.05. The molecule has 1 aliphatic rings. The molecule has 3 heteroatoms. The number of nitrogens with two attached hydrogens (primary N) is 1. The summed E-state index contributed by atoms with van der Waals surface area (Å²) in [5, 5.41) is 0. The third kappa shape index (κ3) is 1.52. The van der Waals surface area contributed by atoms with Crippen molar-refractivity contribution in [2.45, 2.75) is 12.3 Å². The summed E-state index contributed by atoms with van der Waals surface area (Å²) in [5.74, 6) is 1.97. The second-order valence-electron chi connectivity index (χ2n) is 3.44. The van der Waals surface area contributed by atoms with Crippen molar-refractivity contribution in [3.8, 4) is 5.88 Å². The van der Waals surface area contributed by atoms with E-state index in [0.717, 1.165) is 12.4 Å². The van der Waals surface area contributed by atoms with Gasteiger partial charge in [0.15, 0.2) is 0 Å². The van der Waals surface area contributed by atoms with Crippen LogP contribution in [0.5, 0.6) is 5.88 Å². The second kappa shape index (κ2) is 3.34. The number of pyridine rings is 1. The maximum absolute atomic E-state index is 5.59. The monoisotopic (exact) mass is 178 g/mol. The van der Waals surface area contributed by atoms with Crippen molar-refractivity contribution in [1.82, 2.24) is 4.98 Å². The van der Waals surface area contributed by atoms with Crippen LogP contribution < -0.4 is 10.5 Å². The molecule has 0 spiro atoms. The van der Waals surface area contributed by atoms with Crippen LogP contribution in [0.25, 0.3) is 0 Å². The molecule has 0 bridgehead atoms. The van der Waals surface area contributed by atoms with Gasteiger partial charge in [-0.1, -0.05) is 6.07 Å². The van der Waals surface area contributed by atoms with Gasteiger partial charge in [0.1, 0.15) is 0 Å². The normalized spacial score (nSPS) is 25.7. The standard InChI is InChI=1S/C10H14N2O/c1-13-10-8(3-2-4-12-10)9-5-7(9)6-11/h2-4,7,9H,5-6,11H2,1H3/t7-,9+/m0/s1. The number of aromatic nitrogens is 1. The largest absolute Gasteiger partial charge is 0.481 e. The summed E-state index contributed by atoms with van der Waals surface area (Å²) in [6, 6.07) is 4.02. The molecule has 0 unspecified atom stereocenters. The fourth-order valence-electron chi connectivity index (χ4n) is 1.74. The Kier molecular flexibility index (Phi) is 2.19. The molecule has 2 rings (SSSR count). The molecule has 2 atom stereocenters. The van der Waals surface area contributed by atoms with Crippen molar-refractivity contribution in [2.75, 3.05) is 13.7 Å². The van der Waals surface area contributed by atoms with Gasteiger partial charge in [-0.15, -0.1) is 0 Å². The summed E-state index contributed by atoms with van der Waals surface area (Å²) in [6.45, 7) is 0.767. The molecule has 70 valence electrons. The lowest BCUT2D eigenvalue weighted by atomic mass is 10.1. The van der Waals surface area contributed by atoms with E-state index >= 15 is 0 Å². The van der Waals surface area contributed by atoms with Crippen LogP contribution in [0.15, 0.2) is 18.3 Å². The van der Waals surface area contributed by atoms with Gasteiger partial charge < -0.3 is 10.5 Å². The lowest BCUT2D eigenvalue weighted by Crippen LogP contribution is -2.02. The Morgan fingerprint density at radius 2 is 2.54 bits per heavy atom. The SMILES string of the molecule is COc1ncccc1[C@@H]1C[C@H]1CN. The summed E-state index contributed by atoms with van der Waals surface area (Å²) in [4.78, 5) is 4.16. The second-order valence-corrected chi connectivity index (χ2v) is 3.44. The molecule has 1 fully saturated rings. The van der Waals surface area contributed by atoms with E-state index < -0.39 is 0 Å². The zero-order chi connectivity index (χ0) is 9.26. The highest BCUT2D eigenvalue weighted by Crippen LogP contribution is 2.48. The first-order valence-electron chi connectivity index (χ1n) is 4.55. The Morgan fingerprint density at radius 3 is 3.15 bits per heavy atom. The molecule has 0 amide bonds. The van der Waals surface area contributed by atoms with Gasteiger partial charge in [-0.3, -0.25) is 0 Å². The molecule has 1 aromatic heterocycles. The summed E-state index contributed by atoms with van der Waals surface area (Å²) in [6.07, 6.45) is 2.93. The minimum atomic E-state index is 0.577. The number of nitrogens with zero attached hydrogens (tertiary/aromatic N) is 1. The highest BCUT2D eigenvalue weighted by atomic mass is 16.5. The molecule has 0 aromatic carbocycles. The highest BCUT2D eigenvalue weighted by molar-refractivity contribution is 5.34. The molecule has 0 aliphatic heterocycles. The van der Waals surface area contributed by atoms with Crippen LogP contribution in [0.1, 0.15) is 17.9 Å². The van der Waals surface area contributed by atoms with Crippen molar-refractivity contribution >= 4 is 0 Å². The highest BCUT2D eigenvalue weighted by Gasteiger charge is 2.38. The molecule has 1 aliphatic carbocycles. The van der Waals surface area contributed by atoms with E-state index in [-0.39, 0.29) is 0 Å². The smallest absolute Gasteiger partial charge is 0.216 e. The van der Waals surface area contributed by atoms with E-state index in [4.69, 9.17) is 10.5 Å². The molecule has 0 radical (unpaired) electrons.